The van der Waals surface area contributed by atoms with E-state index < -0.39 is 0 Å². The number of nitrogens with two attached hydrogens (primary N) is 1. The normalized spacial score (nSPS) is 10.1. The fourth-order valence-corrected chi connectivity index (χ4v) is 1.35. The van der Waals surface area contributed by atoms with E-state index in [1.165, 1.54) is 6.07 Å². The van der Waals surface area contributed by atoms with E-state index in [9.17, 15) is 4.39 Å². The summed E-state index contributed by atoms with van der Waals surface area (Å²) >= 11 is 0. The highest BCUT2D eigenvalue weighted by atomic mass is 19.1. The average Bonchev–Trinajstić information content (AvgIpc) is 2.27. The Kier molecular flexibility index (Phi) is 2.72. The number of nitrogen functional groups attached to an aromatic ring is 1. The van der Waals surface area contributed by atoms with E-state index in [-0.39, 0.29) is 5.82 Å². The molecule has 1 aromatic carbocycles. The minimum absolute atomic E-state index is 0.243. The van der Waals surface area contributed by atoms with Crippen LogP contribution in [0.4, 0.5) is 21.6 Å². The van der Waals surface area contributed by atoms with E-state index in [4.69, 9.17) is 5.73 Å². The number of nitrogens with one attached hydrogen (secondary N) is 1. The minimum atomic E-state index is -0.243. The molecular weight excluding hydrogens is 205 g/mol. The largest absolute Gasteiger partial charge is 0.382 e. The molecule has 3 N–H and O–H groups in total. The molecule has 1 aromatic heterocycles. The maximum absolute atomic E-state index is 13.3. The van der Waals surface area contributed by atoms with Crippen LogP contribution < -0.4 is 11.1 Å². The van der Waals surface area contributed by atoms with Crippen molar-refractivity contribution in [3.63, 3.8) is 0 Å². The summed E-state index contributed by atoms with van der Waals surface area (Å²) in [5.74, 6) is 0.149. The Bertz CT molecular complexity index is 511. The van der Waals surface area contributed by atoms with Crippen molar-refractivity contribution in [3.8, 4) is 0 Å². The van der Waals surface area contributed by atoms with Gasteiger partial charge in [0.05, 0.1) is 5.69 Å². The van der Waals surface area contributed by atoms with Crippen molar-refractivity contribution < 1.29 is 4.39 Å². The van der Waals surface area contributed by atoms with Gasteiger partial charge >= 0.3 is 0 Å². The quantitative estimate of drug-likeness (QED) is 0.813. The van der Waals surface area contributed by atoms with Crippen LogP contribution >= 0.6 is 0 Å². The van der Waals surface area contributed by atoms with Crippen molar-refractivity contribution in [1.29, 1.82) is 0 Å². The van der Waals surface area contributed by atoms with Crippen LogP contribution in [0.1, 0.15) is 5.56 Å². The summed E-state index contributed by atoms with van der Waals surface area (Å²) in [6.45, 7) is 1.72. The second-order valence-electron chi connectivity index (χ2n) is 3.53. The Balaban J connectivity index is 2.28. The number of hydrogen-bond acceptors (Lipinski definition) is 3. The molecule has 1 heterocycles. The lowest BCUT2D eigenvalue weighted by Gasteiger charge is -2.08. The van der Waals surface area contributed by atoms with Gasteiger partial charge in [0.15, 0.2) is 0 Å². The lowest BCUT2D eigenvalue weighted by atomic mass is 10.2. The number of halogens is 1. The molecule has 0 radical (unpaired) electrons. The van der Waals surface area contributed by atoms with Gasteiger partial charge in [-0.2, -0.15) is 0 Å². The van der Waals surface area contributed by atoms with Gasteiger partial charge in [0.2, 0.25) is 0 Å². The van der Waals surface area contributed by atoms with Crippen LogP contribution in [0.25, 0.3) is 0 Å². The highest BCUT2D eigenvalue weighted by Crippen LogP contribution is 2.22. The molecule has 4 heteroatoms. The summed E-state index contributed by atoms with van der Waals surface area (Å²) in [4.78, 5) is 3.94. The monoisotopic (exact) mass is 217 g/mol. The molecule has 0 aliphatic carbocycles. The maximum Gasteiger partial charge on any atom is 0.147 e. The lowest BCUT2D eigenvalue weighted by molar-refractivity contribution is 0.619. The van der Waals surface area contributed by atoms with Crippen LogP contribution in [0.5, 0.6) is 0 Å². The number of pyridine rings is 1. The van der Waals surface area contributed by atoms with Gasteiger partial charge in [0.1, 0.15) is 11.6 Å². The molecule has 0 unspecified atom stereocenters. The summed E-state index contributed by atoms with van der Waals surface area (Å²) in [5, 5.41) is 3.01. The van der Waals surface area contributed by atoms with E-state index in [1.807, 2.05) is 0 Å². The molecule has 0 saturated carbocycles. The fraction of sp³-hybridized carbons (Fsp3) is 0.0833. The van der Waals surface area contributed by atoms with E-state index >= 15 is 0 Å². The van der Waals surface area contributed by atoms with Gasteiger partial charge in [0.25, 0.3) is 0 Å². The van der Waals surface area contributed by atoms with Gasteiger partial charge in [-0.25, -0.2) is 9.37 Å². The predicted molar refractivity (Wildman–Crippen MR) is 63.1 cm³/mol. The van der Waals surface area contributed by atoms with Crippen molar-refractivity contribution >= 4 is 17.2 Å². The second-order valence-corrected chi connectivity index (χ2v) is 3.53. The zero-order valence-electron chi connectivity index (χ0n) is 8.87. The SMILES string of the molecule is Cc1ccc(Nc2cccnc2N)cc1F. The van der Waals surface area contributed by atoms with Crippen LogP contribution in [0.15, 0.2) is 36.5 Å². The number of anilines is 3. The van der Waals surface area contributed by atoms with E-state index in [2.05, 4.69) is 10.3 Å². The first-order valence-corrected chi connectivity index (χ1v) is 4.90. The van der Waals surface area contributed by atoms with Crippen molar-refractivity contribution in [2.24, 2.45) is 0 Å². The topological polar surface area (TPSA) is 50.9 Å². The Labute approximate surface area is 93.1 Å². The minimum Gasteiger partial charge on any atom is -0.382 e. The molecule has 0 saturated heterocycles. The Morgan fingerprint density at radius 2 is 2.12 bits per heavy atom. The molecule has 0 aliphatic rings. The van der Waals surface area contributed by atoms with E-state index in [0.29, 0.717) is 22.8 Å². The number of benzene rings is 1. The maximum atomic E-state index is 13.3. The number of aryl methyl sites for hydroxylation is 1. The van der Waals surface area contributed by atoms with Gasteiger partial charge in [-0.05, 0) is 36.8 Å². The summed E-state index contributed by atoms with van der Waals surface area (Å²) in [5.41, 5.74) is 7.61. The van der Waals surface area contributed by atoms with Gasteiger partial charge in [-0.3, -0.25) is 0 Å². The molecule has 2 rings (SSSR count). The van der Waals surface area contributed by atoms with Crippen molar-refractivity contribution in [2.75, 3.05) is 11.1 Å². The van der Waals surface area contributed by atoms with Crippen LogP contribution in [0.2, 0.25) is 0 Å². The van der Waals surface area contributed by atoms with Crippen LogP contribution in [0.3, 0.4) is 0 Å². The van der Waals surface area contributed by atoms with Crippen molar-refractivity contribution in [2.45, 2.75) is 6.92 Å². The molecular formula is C12H12FN3. The number of nitrogens with zero attached hydrogens (tertiary/aromatic N) is 1. The third kappa shape index (κ3) is 2.11. The zero-order valence-corrected chi connectivity index (χ0v) is 8.87. The molecule has 0 amide bonds. The van der Waals surface area contributed by atoms with Gasteiger partial charge in [0, 0.05) is 11.9 Å². The second kappa shape index (κ2) is 4.18. The third-order valence-electron chi connectivity index (χ3n) is 2.29. The summed E-state index contributed by atoms with van der Waals surface area (Å²) in [6.07, 6.45) is 1.61. The molecule has 2 aromatic rings. The predicted octanol–water partition coefficient (Wildman–Crippen LogP) is 2.85. The fourth-order valence-electron chi connectivity index (χ4n) is 1.35. The number of aromatic nitrogens is 1. The summed E-state index contributed by atoms with van der Waals surface area (Å²) in [7, 11) is 0. The molecule has 0 spiro atoms. The van der Waals surface area contributed by atoms with Crippen molar-refractivity contribution in [1.82, 2.24) is 4.98 Å². The molecule has 3 nitrogen and oxygen atoms in total. The average molecular weight is 217 g/mol. The van der Waals surface area contributed by atoms with Gasteiger partial charge in [-0.15, -0.1) is 0 Å². The van der Waals surface area contributed by atoms with Crippen LogP contribution in [0, 0.1) is 12.7 Å². The molecule has 0 aliphatic heterocycles. The number of rotatable bonds is 2. The summed E-state index contributed by atoms with van der Waals surface area (Å²) in [6, 6.07) is 8.50. The Morgan fingerprint density at radius 1 is 1.31 bits per heavy atom. The zero-order chi connectivity index (χ0) is 11.5. The Hall–Kier alpha value is -2.10. The van der Waals surface area contributed by atoms with Crippen molar-refractivity contribution in [3.05, 3.63) is 47.9 Å². The third-order valence-corrected chi connectivity index (χ3v) is 2.29. The first kappa shape index (κ1) is 10.4. The molecule has 0 fully saturated rings. The first-order chi connectivity index (χ1) is 7.66. The van der Waals surface area contributed by atoms with Gasteiger partial charge < -0.3 is 11.1 Å². The lowest BCUT2D eigenvalue weighted by Crippen LogP contribution is -1.98. The first-order valence-electron chi connectivity index (χ1n) is 4.90. The smallest absolute Gasteiger partial charge is 0.147 e. The summed E-state index contributed by atoms with van der Waals surface area (Å²) < 4.78 is 13.3. The molecule has 0 atom stereocenters. The molecule has 0 bridgehead atoms. The standard InChI is InChI=1S/C12H12FN3/c1-8-4-5-9(7-10(8)13)16-11-3-2-6-15-12(11)14/h2-7,16H,1H3,(H2,14,15). The van der Waals surface area contributed by atoms with Crippen LogP contribution in [-0.4, -0.2) is 4.98 Å². The van der Waals surface area contributed by atoms with Crippen LogP contribution in [-0.2, 0) is 0 Å². The highest BCUT2D eigenvalue weighted by Gasteiger charge is 2.02. The molecule has 82 valence electrons. The van der Waals surface area contributed by atoms with E-state index in [0.717, 1.165) is 0 Å². The van der Waals surface area contributed by atoms with Gasteiger partial charge in [-0.1, -0.05) is 6.07 Å². The van der Waals surface area contributed by atoms with E-state index in [1.54, 1.807) is 37.4 Å². The Morgan fingerprint density at radius 3 is 2.81 bits per heavy atom. The number of hydrogen-bond donors (Lipinski definition) is 2. The highest BCUT2D eigenvalue weighted by molar-refractivity contribution is 5.69. The molecule has 16 heavy (non-hydrogen) atoms.